The van der Waals surface area contributed by atoms with E-state index in [9.17, 15) is 4.79 Å². The highest BCUT2D eigenvalue weighted by atomic mass is 79.9. The number of nitrogens with two attached hydrogens (primary N) is 1. The number of nitrogens with one attached hydrogen (secondary N) is 1. The second kappa shape index (κ2) is 6.76. The van der Waals surface area contributed by atoms with Crippen LogP contribution < -0.4 is 11.1 Å². The van der Waals surface area contributed by atoms with Crippen LogP contribution in [0.25, 0.3) is 0 Å². The molecule has 0 spiro atoms. The molecule has 0 bridgehead atoms. The first-order chi connectivity index (χ1) is 9.95. The Balaban J connectivity index is 1.99. The van der Waals surface area contributed by atoms with Crippen molar-refractivity contribution in [3.8, 4) is 0 Å². The average molecular weight is 347 g/mol. The zero-order chi connectivity index (χ0) is 15.4. The Kier molecular flexibility index (Phi) is 5.02. The number of halogens is 1. The van der Waals surface area contributed by atoms with Crippen LogP contribution in [0.1, 0.15) is 23.1 Å². The topological polar surface area (TPSA) is 55.1 Å². The summed E-state index contributed by atoms with van der Waals surface area (Å²) in [6.07, 6.45) is 1.17. The lowest BCUT2D eigenvalue weighted by Gasteiger charge is -2.12. The average Bonchev–Trinajstić information content (AvgIpc) is 2.40. The molecule has 2 rings (SSSR count). The minimum atomic E-state index is -0.0198. The molecule has 4 heteroatoms. The van der Waals surface area contributed by atoms with Crippen molar-refractivity contribution in [2.24, 2.45) is 0 Å². The minimum Gasteiger partial charge on any atom is -0.397 e. The number of carbonyl (C=O) groups excluding carboxylic acids is 1. The smallest absolute Gasteiger partial charge is 0.224 e. The van der Waals surface area contributed by atoms with Crippen LogP contribution in [-0.2, 0) is 11.2 Å². The number of aryl methyl sites for hydroxylation is 3. The summed E-state index contributed by atoms with van der Waals surface area (Å²) in [5.74, 6) is -0.0198. The fourth-order valence-electron chi connectivity index (χ4n) is 2.27. The van der Waals surface area contributed by atoms with Gasteiger partial charge in [-0.2, -0.15) is 0 Å². The number of hydrogen-bond acceptors (Lipinski definition) is 2. The number of hydrogen-bond donors (Lipinski definition) is 2. The van der Waals surface area contributed by atoms with Crippen molar-refractivity contribution in [2.45, 2.75) is 26.7 Å². The van der Waals surface area contributed by atoms with Crippen LogP contribution in [0.4, 0.5) is 11.4 Å². The lowest BCUT2D eigenvalue weighted by molar-refractivity contribution is -0.116. The predicted octanol–water partition coefficient (Wildman–Crippen LogP) is 4.22. The van der Waals surface area contributed by atoms with E-state index in [1.54, 1.807) is 6.07 Å². The van der Waals surface area contributed by atoms with Gasteiger partial charge in [-0.3, -0.25) is 4.79 Å². The lowest BCUT2D eigenvalue weighted by Crippen LogP contribution is -2.14. The SMILES string of the molecule is Cc1cccc(CCC(=O)Nc2c(C)cc(Br)cc2N)c1. The quantitative estimate of drug-likeness (QED) is 0.814. The van der Waals surface area contributed by atoms with E-state index >= 15 is 0 Å². The van der Waals surface area contributed by atoms with Crippen LogP contribution in [0.2, 0.25) is 0 Å². The summed E-state index contributed by atoms with van der Waals surface area (Å²) < 4.78 is 0.912. The van der Waals surface area contributed by atoms with Gasteiger partial charge in [0.15, 0.2) is 0 Å². The van der Waals surface area contributed by atoms with Crippen molar-refractivity contribution in [2.75, 3.05) is 11.1 Å². The van der Waals surface area contributed by atoms with Crippen LogP contribution in [-0.4, -0.2) is 5.91 Å². The molecule has 0 aliphatic heterocycles. The number of amides is 1. The third kappa shape index (κ3) is 4.33. The van der Waals surface area contributed by atoms with E-state index in [0.717, 1.165) is 16.5 Å². The van der Waals surface area contributed by atoms with Crippen molar-refractivity contribution in [3.05, 3.63) is 57.6 Å². The summed E-state index contributed by atoms with van der Waals surface area (Å²) in [5.41, 5.74) is 10.6. The molecular weight excluding hydrogens is 328 g/mol. The summed E-state index contributed by atoms with van der Waals surface area (Å²) >= 11 is 3.39. The highest BCUT2D eigenvalue weighted by Gasteiger charge is 2.09. The molecule has 0 aliphatic carbocycles. The van der Waals surface area contributed by atoms with E-state index in [0.29, 0.717) is 17.8 Å². The summed E-state index contributed by atoms with van der Waals surface area (Å²) in [5, 5.41) is 2.91. The van der Waals surface area contributed by atoms with Gasteiger partial charge in [0.2, 0.25) is 5.91 Å². The number of anilines is 2. The van der Waals surface area contributed by atoms with Gasteiger partial charge in [-0.15, -0.1) is 0 Å². The van der Waals surface area contributed by atoms with E-state index in [2.05, 4.69) is 40.3 Å². The van der Waals surface area contributed by atoms with Crippen molar-refractivity contribution >= 4 is 33.2 Å². The zero-order valence-corrected chi connectivity index (χ0v) is 13.8. The van der Waals surface area contributed by atoms with E-state index < -0.39 is 0 Å². The first-order valence-electron chi connectivity index (χ1n) is 6.86. The molecule has 0 saturated carbocycles. The van der Waals surface area contributed by atoms with Crippen molar-refractivity contribution < 1.29 is 4.79 Å². The van der Waals surface area contributed by atoms with Crippen LogP contribution in [0.3, 0.4) is 0 Å². The predicted molar refractivity (Wildman–Crippen MR) is 91.4 cm³/mol. The fourth-order valence-corrected chi connectivity index (χ4v) is 2.86. The first kappa shape index (κ1) is 15.6. The number of rotatable bonds is 4. The Morgan fingerprint density at radius 1 is 1.24 bits per heavy atom. The molecule has 0 atom stereocenters. The first-order valence-corrected chi connectivity index (χ1v) is 7.66. The van der Waals surface area contributed by atoms with Crippen LogP contribution in [0, 0.1) is 13.8 Å². The third-order valence-electron chi connectivity index (χ3n) is 3.32. The Bertz CT molecular complexity index is 645. The molecule has 1 amide bonds. The Morgan fingerprint density at radius 2 is 2.00 bits per heavy atom. The highest BCUT2D eigenvalue weighted by molar-refractivity contribution is 9.10. The molecule has 0 aromatic heterocycles. The lowest BCUT2D eigenvalue weighted by atomic mass is 10.1. The Morgan fingerprint density at radius 3 is 2.67 bits per heavy atom. The van der Waals surface area contributed by atoms with Crippen LogP contribution in [0.15, 0.2) is 40.9 Å². The van der Waals surface area contributed by atoms with Crippen molar-refractivity contribution in [1.29, 1.82) is 0 Å². The van der Waals surface area contributed by atoms with E-state index in [1.165, 1.54) is 11.1 Å². The molecule has 21 heavy (non-hydrogen) atoms. The zero-order valence-electron chi connectivity index (χ0n) is 12.2. The van der Waals surface area contributed by atoms with Gasteiger partial charge in [-0.1, -0.05) is 45.8 Å². The largest absolute Gasteiger partial charge is 0.397 e. The van der Waals surface area contributed by atoms with Gasteiger partial charge in [0.05, 0.1) is 11.4 Å². The van der Waals surface area contributed by atoms with Crippen molar-refractivity contribution in [1.82, 2.24) is 0 Å². The van der Waals surface area contributed by atoms with Gasteiger partial charge in [0.1, 0.15) is 0 Å². The molecule has 0 saturated heterocycles. The van der Waals surface area contributed by atoms with E-state index in [-0.39, 0.29) is 5.91 Å². The molecule has 0 radical (unpaired) electrons. The van der Waals surface area contributed by atoms with Gasteiger partial charge >= 0.3 is 0 Å². The molecular formula is C17H19BrN2O. The van der Waals surface area contributed by atoms with Crippen molar-refractivity contribution in [3.63, 3.8) is 0 Å². The molecule has 0 fully saturated rings. The Labute approximate surface area is 133 Å². The normalized spacial score (nSPS) is 10.4. The molecule has 110 valence electrons. The van der Waals surface area contributed by atoms with Gasteiger partial charge in [0.25, 0.3) is 0 Å². The molecule has 0 unspecified atom stereocenters. The maximum Gasteiger partial charge on any atom is 0.224 e. The van der Waals surface area contributed by atoms with E-state index in [4.69, 9.17) is 5.73 Å². The monoisotopic (exact) mass is 346 g/mol. The second-order valence-electron chi connectivity index (χ2n) is 5.22. The number of carbonyl (C=O) groups is 1. The Hall–Kier alpha value is -1.81. The molecule has 0 aliphatic rings. The second-order valence-corrected chi connectivity index (χ2v) is 6.14. The van der Waals surface area contributed by atoms with E-state index in [1.807, 2.05) is 25.1 Å². The number of benzene rings is 2. The molecule has 3 N–H and O–H groups in total. The standard InChI is InChI=1S/C17H19BrN2O/c1-11-4-3-5-13(8-11)6-7-16(21)20-17-12(2)9-14(18)10-15(17)19/h3-5,8-10H,6-7,19H2,1-2H3,(H,20,21). The van der Waals surface area contributed by atoms with Gasteiger partial charge in [-0.05, 0) is 43.5 Å². The highest BCUT2D eigenvalue weighted by Crippen LogP contribution is 2.27. The number of nitrogen functional groups attached to an aromatic ring is 1. The maximum absolute atomic E-state index is 12.1. The third-order valence-corrected chi connectivity index (χ3v) is 3.78. The summed E-state index contributed by atoms with van der Waals surface area (Å²) in [4.78, 5) is 12.1. The molecule has 0 heterocycles. The van der Waals surface area contributed by atoms with Crippen LogP contribution >= 0.6 is 15.9 Å². The summed E-state index contributed by atoms with van der Waals surface area (Å²) in [6, 6.07) is 11.9. The minimum absolute atomic E-state index is 0.0198. The van der Waals surface area contributed by atoms with Crippen LogP contribution in [0.5, 0.6) is 0 Å². The maximum atomic E-state index is 12.1. The van der Waals surface area contributed by atoms with Gasteiger partial charge in [-0.25, -0.2) is 0 Å². The van der Waals surface area contributed by atoms with Gasteiger partial charge < -0.3 is 11.1 Å². The fraction of sp³-hybridized carbons (Fsp3) is 0.235. The summed E-state index contributed by atoms with van der Waals surface area (Å²) in [6.45, 7) is 3.98. The molecule has 2 aromatic carbocycles. The molecule has 3 nitrogen and oxygen atoms in total. The van der Waals surface area contributed by atoms with Gasteiger partial charge in [0, 0.05) is 10.9 Å². The molecule has 2 aromatic rings. The summed E-state index contributed by atoms with van der Waals surface area (Å²) in [7, 11) is 0.